The van der Waals surface area contributed by atoms with Crippen LogP contribution >= 0.6 is 0 Å². The standard InChI is InChI=1S/C15H24F2O5/c1-2-3-7-10-21-14(20)22-12(15(16,17)13(18)19)11-8-5-4-6-9-11/h11-12H,2-10H2,1H3,(H,18,19). The van der Waals surface area contributed by atoms with Crippen LogP contribution in [0.2, 0.25) is 0 Å². The van der Waals surface area contributed by atoms with E-state index in [1.54, 1.807) is 0 Å². The Morgan fingerprint density at radius 2 is 1.86 bits per heavy atom. The number of hydrogen-bond donors (Lipinski definition) is 1. The van der Waals surface area contributed by atoms with Crippen molar-refractivity contribution in [2.75, 3.05) is 6.61 Å². The van der Waals surface area contributed by atoms with E-state index in [2.05, 4.69) is 0 Å². The van der Waals surface area contributed by atoms with Crippen LogP contribution in [-0.4, -0.2) is 35.9 Å². The number of aliphatic carboxylic acids is 1. The summed E-state index contributed by atoms with van der Waals surface area (Å²) in [5.74, 6) is -7.03. The molecule has 0 aromatic rings. The second kappa shape index (κ2) is 8.90. The minimum Gasteiger partial charge on any atom is -0.477 e. The van der Waals surface area contributed by atoms with Gasteiger partial charge >= 0.3 is 18.0 Å². The van der Waals surface area contributed by atoms with Gasteiger partial charge in [-0.1, -0.05) is 39.0 Å². The van der Waals surface area contributed by atoms with Crippen molar-refractivity contribution >= 4 is 12.1 Å². The lowest BCUT2D eigenvalue weighted by atomic mass is 9.83. The summed E-state index contributed by atoms with van der Waals surface area (Å²) < 4.78 is 37.2. The fourth-order valence-electron chi connectivity index (χ4n) is 2.67. The van der Waals surface area contributed by atoms with Crippen molar-refractivity contribution in [3.05, 3.63) is 0 Å². The number of alkyl halides is 2. The number of unbranched alkanes of at least 4 members (excludes halogenated alkanes) is 2. The molecular weight excluding hydrogens is 298 g/mol. The number of carbonyl (C=O) groups excluding carboxylic acids is 1. The van der Waals surface area contributed by atoms with Gasteiger partial charge in [-0.15, -0.1) is 0 Å². The minimum atomic E-state index is -4.11. The molecule has 1 aliphatic rings. The van der Waals surface area contributed by atoms with Crippen LogP contribution in [0.5, 0.6) is 0 Å². The lowest BCUT2D eigenvalue weighted by Crippen LogP contribution is -2.49. The SMILES string of the molecule is CCCCCOC(=O)OC(C1CCCCC1)C(F)(F)C(=O)O. The first-order valence-electron chi connectivity index (χ1n) is 7.84. The molecule has 1 aliphatic carbocycles. The van der Waals surface area contributed by atoms with E-state index >= 15 is 0 Å². The quantitative estimate of drug-likeness (QED) is 0.540. The molecule has 22 heavy (non-hydrogen) atoms. The molecule has 0 spiro atoms. The first-order valence-corrected chi connectivity index (χ1v) is 7.84. The molecule has 0 amide bonds. The third-order valence-corrected chi connectivity index (χ3v) is 3.91. The molecule has 1 rings (SSSR count). The van der Waals surface area contributed by atoms with Gasteiger partial charge in [0.15, 0.2) is 6.10 Å². The molecule has 128 valence electrons. The smallest absolute Gasteiger partial charge is 0.477 e. The molecule has 0 radical (unpaired) electrons. The number of ether oxygens (including phenoxy) is 2. The van der Waals surface area contributed by atoms with Crippen LogP contribution in [0.3, 0.4) is 0 Å². The number of carboxylic acids is 1. The van der Waals surface area contributed by atoms with Gasteiger partial charge in [0, 0.05) is 5.92 Å². The number of rotatable bonds is 8. The topological polar surface area (TPSA) is 72.8 Å². The maximum atomic E-state index is 13.9. The zero-order valence-electron chi connectivity index (χ0n) is 12.9. The van der Waals surface area contributed by atoms with E-state index in [4.69, 9.17) is 14.6 Å². The molecule has 0 heterocycles. The second-order valence-corrected chi connectivity index (χ2v) is 5.67. The highest BCUT2D eigenvalue weighted by atomic mass is 19.3. The van der Waals surface area contributed by atoms with Crippen molar-refractivity contribution in [2.24, 2.45) is 5.92 Å². The predicted molar refractivity (Wildman–Crippen MR) is 74.9 cm³/mol. The Bertz CT molecular complexity index is 367. The molecule has 1 N–H and O–H groups in total. The van der Waals surface area contributed by atoms with E-state index in [1.807, 2.05) is 6.92 Å². The molecule has 1 fully saturated rings. The van der Waals surface area contributed by atoms with Crippen LogP contribution in [0.15, 0.2) is 0 Å². The summed E-state index contributed by atoms with van der Waals surface area (Å²) in [6.07, 6.45) is 2.45. The van der Waals surface area contributed by atoms with Gasteiger partial charge in [0.25, 0.3) is 0 Å². The predicted octanol–water partition coefficient (Wildman–Crippen LogP) is 4.00. The summed E-state index contributed by atoms with van der Waals surface area (Å²) in [5, 5.41) is 8.72. The molecule has 0 bridgehead atoms. The molecule has 1 saturated carbocycles. The van der Waals surface area contributed by atoms with Gasteiger partial charge in [0.05, 0.1) is 6.61 Å². The number of halogens is 2. The lowest BCUT2D eigenvalue weighted by molar-refractivity contribution is -0.192. The lowest BCUT2D eigenvalue weighted by Gasteiger charge is -2.32. The van der Waals surface area contributed by atoms with Crippen LogP contribution < -0.4 is 0 Å². The van der Waals surface area contributed by atoms with E-state index in [1.165, 1.54) is 0 Å². The van der Waals surface area contributed by atoms with E-state index in [-0.39, 0.29) is 6.61 Å². The van der Waals surface area contributed by atoms with Gasteiger partial charge < -0.3 is 14.6 Å². The molecule has 5 nitrogen and oxygen atoms in total. The van der Waals surface area contributed by atoms with E-state index in [0.29, 0.717) is 19.3 Å². The summed E-state index contributed by atoms with van der Waals surface area (Å²) >= 11 is 0. The monoisotopic (exact) mass is 322 g/mol. The summed E-state index contributed by atoms with van der Waals surface area (Å²) in [4.78, 5) is 22.4. The largest absolute Gasteiger partial charge is 0.508 e. The van der Waals surface area contributed by atoms with E-state index in [0.717, 1.165) is 32.1 Å². The Balaban J connectivity index is 2.65. The fourth-order valence-corrected chi connectivity index (χ4v) is 2.67. The molecule has 0 aromatic carbocycles. The van der Waals surface area contributed by atoms with Gasteiger partial charge in [-0.2, -0.15) is 8.78 Å². The van der Waals surface area contributed by atoms with Gasteiger partial charge in [-0.05, 0) is 19.3 Å². The van der Waals surface area contributed by atoms with Gasteiger partial charge in [-0.25, -0.2) is 9.59 Å². The average molecular weight is 322 g/mol. The second-order valence-electron chi connectivity index (χ2n) is 5.67. The van der Waals surface area contributed by atoms with Crippen LogP contribution in [-0.2, 0) is 14.3 Å². The normalized spacial score (nSPS) is 17.8. The highest BCUT2D eigenvalue weighted by molar-refractivity contribution is 5.76. The number of hydrogen-bond acceptors (Lipinski definition) is 4. The zero-order chi connectivity index (χ0) is 16.6. The molecule has 0 aromatic heterocycles. The molecule has 7 heteroatoms. The Labute approximate surface area is 129 Å². The van der Waals surface area contributed by atoms with Crippen molar-refractivity contribution < 1.29 is 33.0 Å². The molecular formula is C15H24F2O5. The van der Waals surface area contributed by atoms with Crippen molar-refractivity contribution in [1.82, 2.24) is 0 Å². The van der Waals surface area contributed by atoms with Gasteiger partial charge in [0.2, 0.25) is 0 Å². The third kappa shape index (κ3) is 5.42. The third-order valence-electron chi connectivity index (χ3n) is 3.91. The van der Waals surface area contributed by atoms with Crippen molar-refractivity contribution in [3.8, 4) is 0 Å². The Hall–Kier alpha value is -1.40. The Morgan fingerprint density at radius 3 is 2.41 bits per heavy atom. The maximum Gasteiger partial charge on any atom is 0.508 e. The summed E-state index contributed by atoms with van der Waals surface area (Å²) in [7, 11) is 0. The van der Waals surface area contributed by atoms with Gasteiger partial charge in [0.1, 0.15) is 0 Å². The van der Waals surface area contributed by atoms with Crippen molar-refractivity contribution in [1.29, 1.82) is 0 Å². The minimum absolute atomic E-state index is 0.0860. The van der Waals surface area contributed by atoms with Crippen molar-refractivity contribution in [3.63, 3.8) is 0 Å². The highest BCUT2D eigenvalue weighted by Crippen LogP contribution is 2.36. The van der Waals surface area contributed by atoms with Gasteiger partial charge in [-0.3, -0.25) is 0 Å². The average Bonchev–Trinajstić information content (AvgIpc) is 2.49. The zero-order valence-corrected chi connectivity index (χ0v) is 12.9. The first kappa shape index (κ1) is 18.6. The first-order chi connectivity index (χ1) is 10.4. The Kier molecular flexibility index (Phi) is 7.55. The summed E-state index contributed by atoms with van der Waals surface area (Å²) in [6, 6.07) is 0. The summed E-state index contributed by atoms with van der Waals surface area (Å²) in [5.41, 5.74) is 0. The van der Waals surface area contributed by atoms with Crippen LogP contribution in [0, 0.1) is 5.92 Å². The van der Waals surface area contributed by atoms with Crippen molar-refractivity contribution in [2.45, 2.75) is 70.3 Å². The molecule has 0 saturated heterocycles. The number of carbonyl (C=O) groups is 2. The molecule has 1 atom stereocenters. The van der Waals surface area contributed by atoms with Crippen LogP contribution in [0.25, 0.3) is 0 Å². The molecule has 1 unspecified atom stereocenters. The van der Waals surface area contributed by atoms with Crippen LogP contribution in [0.4, 0.5) is 13.6 Å². The van der Waals surface area contributed by atoms with E-state index < -0.39 is 30.1 Å². The summed E-state index contributed by atoms with van der Waals surface area (Å²) in [6.45, 7) is 2.06. The molecule has 0 aliphatic heterocycles. The van der Waals surface area contributed by atoms with E-state index in [9.17, 15) is 18.4 Å². The Morgan fingerprint density at radius 1 is 1.23 bits per heavy atom. The highest BCUT2D eigenvalue weighted by Gasteiger charge is 2.54. The van der Waals surface area contributed by atoms with Crippen LogP contribution in [0.1, 0.15) is 58.3 Å². The number of carboxylic acid groups (broad SMARTS) is 1. The maximum absolute atomic E-state index is 13.9. The fraction of sp³-hybridized carbons (Fsp3) is 0.867.